The van der Waals surface area contributed by atoms with Gasteiger partial charge in [0.1, 0.15) is 0 Å². The van der Waals surface area contributed by atoms with Gasteiger partial charge in [0, 0.05) is 47.3 Å². The second kappa shape index (κ2) is 49.3. The van der Waals surface area contributed by atoms with Crippen LogP contribution in [0.25, 0.3) is 0 Å². The molecule has 0 amide bonds. The second-order valence-electron chi connectivity index (χ2n) is 18.6. The molecule has 0 N–H and O–H groups in total. The summed E-state index contributed by atoms with van der Waals surface area (Å²) in [6.45, 7) is 57.2. The first-order chi connectivity index (χ1) is 26.4. The van der Waals surface area contributed by atoms with Crippen molar-refractivity contribution in [1.82, 2.24) is 0 Å². The SMILES string of the molecule is CC(C)OC(C)(C)C.CC(C)OCC1CC1.CCCOC(C)C.CCCOC(C)C.CCCOC(C)C.CCOC(C)(C)C.COC(C)(C)C.COCCOC(C)C. The van der Waals surface area contributed by atoms with Crippen molar-refractivity contribution >= 4 is 0 Å². The number of ether oxygens (including phenoxy) is 9. The highest BCUT2D eigenvalue weighted by Gasteiger charge is 2.21. The summed E-state index contributed by atoms with van der Waals surface area (Å²) in [5, 5.41) is 0. The van der Waals surface area contributed by atoms with Gasteiger partial charge in [-0.05, 0) is 190 Å². The van der Waals surface area contributed by atoms with Gasteiger partial charge < -0.3 is 42.6 Å². The summed E-state index contributed by atoms with van der Waals surface area (Å²) in [6, 6.07) is 0. The molecule has 0 unspecified atom stereocenters. The van der Waals surface area contributed by atoms with Gasteiger partial charge in [-0.15, -0.1) is 0 Å². The molecule has 1 aliphatic rings. The molecule has 0 spiro atoms. The number of hydrogen-bond acceptors (Lipinski definition) is 9. The Bertz CT molecular complexity index is 670. The molecule has 58 heavy (non-hydrogen) atoms. The summed E-state index contributed by atoms with van der Waals surface area (Å²) in [4.78, 5) is 0. The summed E-state index contributed by atoms with van der Waals surface area (Å²) in [6.07, 6.45) is 8.46. The van der Waals surface area contributed by atoms with Crippen molar-refractivity contribution in [3.8, 4) is 0 Å². The number of hydrogen-bond donors (Lipinski definition) is 0. The average molecular weight is 845 g/mol. The molecule has 9 heteroatoms. The largest absolute Gasteiger partial charge is 0.382 e. The van der Waals surface area contributed by atoms with Gasteiger partial charge >= 0.3 is 0 Å². The minimum atomic E-state index is 0.0220. The summed E-state index contributed by atoms with van der Waals surface area (Å²) in [7, 11) is 3.38. The van der Waals surface area contributed by atoms with Crippen LogP contribution in [-0.2, 0) is 42.6 Å². The van der Waals surface area contributed by atoms with Crippen molar-refractivity contribution in [2.75, 3.05) is 60.5 Å². The molecular weight excluding hydrogens is 733 g/mol. The van der Waals surface area contributed by atoms with E-state index in [0.29, 0.717) is 49.8 Å². The van der Waals surface area contributed by atoms with E-state index in [4.69, 9.17) is 42.6 Å². The van der Waals surface area contributed by atoms with Gasteiger partial charge in [-0.25, -0.2) is 0 Å². The summed E-state index contributed by atoms with van der Waals surface area (Å²) < 4.78 is 46.5. The first kappa shape index (κ1) is 72.1. The van der Waals surface area contributed by atoms with Crippen LogP contribution >= 0.6 is 0 Å². The maximum atomic E-state index is 5.44. The van der Waals surface area contributed by atoms with Crippen molar-refractivity contribution in [3.05, 3.63) is 0 Å². The molecule has 0 bridgehead atoms. The Hall–Kier alpha value is -0.360. The van der Waals surface area contributed by atoms with Gasteiger partial charge in [0.2, 0.25) is 0 Å². The predicted octanol–water partition coefficient (Wildman–Crippen LogP) is 13.8. The van der Waals surface area contributed by atoms with E-state index >= 15 is 0 Å². The van der Waals surface area contributed by atoms with Crippen LogP contribution in [0.15, 0.2) is 0 Å². The van der Waals surface area contributed by atoms with E-state index in [2.05, 4.69) is 118 Å². The highest BCUT2D eigenvalue weighted by molar-refractivity contribution is 4.72. The van der Waals surface area contributed by atoms with E-state index < -0.39 is 0 Å². The average Bonchev–Trinajstić information content (AvgIpc) is 3.89. The fourth-order valence-electron chi connectivity index (χ4n) is 3.18. The number of methoxy groups -OCH3 is 2. The molecule has 0 aliphatic heterocycles. The first-order valence-corrected chi connectivity index (χ1v) is 22.8. The van der Waals surface area contributed by atoms with Gasteiger partial charge in [0.25, 0.3) is 0 Å². The minimum Gasteiger partial charge on any atom is -0.382 e. The zero-order valence-corrected chi connectivity index (χ0v) is 44.7. The summed E-state index contributed by atoms with van der Waals surface area (Å²) in [5.41, 5.74) is 0.114. The lowest BCUT2D eigenvalue weighted by Crippen LogP contribution is -2.23. The molecule has 0 saturated heterocycles. The van der Waals surface area contributed by atoms with Crippen molar-refractivity contribution in [3.63, 3.8) is 0 Å². The van der Waals surface area contributed by atoms with Crippen molar-refractivity contribution < 1.29 is 42.6 Å². The molecule has 1 rings (SSSR count). The van der Waals surface area contributed by atoms with Crippen LogP contribution in [0.1, 0.15) is 205 Å². The smallest absolute Gasteiger partial charge is 0.0703 e. The van der Waals surface area contributed by atoms with Gasteiger partial charge in [-0.2, -0.15) is 0 Å². The minimum absolute atomic E-state index is 0.0220. The Morgan fingerprint density at radius 2 is 0.724 bits per heavy atom. The lowest BCUT2D eigenvalue weighted by molar-refractivity contribution is -0.0424. The normalized spacial score (nSPS) is 12.4. The van der Waals surface area contributed by atoms with Crippen molar-refractivity contribution in [1.29, 1.82) is 0 Å². The molecule has 0 heterocycles. The molecule has 0 aromatic heterocycles. The quantitative estimate of drug-likeness (QED) is 0.125. The van der Waals surface area contributed by atoms with Crippen LogP contribution in [0.4, 0.5) is 0 Å². The van der Waals surface area contributed by atoms with E-state index in [0.717, 1.165) is 58.2 Å². The van der Waals surface area contributed by atoms with Crippen LogP contribution in [0.2, 0.25) is 0 Å². The van der Waals surface area contributed by atoms with Crippen molar-refractivity contribution in [2.45, 2.75) is 259 Å². The third-order valence-electron chi connectivity index (χ3n) is 5.85. The predicted molar refractivity (Wildman–Crippen MR) is 255 cm³/mol. The molecule has 1 saturated carbocycles. The Balaban J connectivity index is -0.000000103. The Morgan fingerprint density at radius 3 is 0.845 bits per heavy atom. The van der Waals surface area contributed by atoms with Crippen molar-refractivity contribution in [2.24, 2.45) is 5.92 Å². The molecule has 0 atom stereocenters. The Labute approximate surface area is 366 Å². The zero-order valence-electron chi connectivity index (χ0n) is 44.7. The van der Waals surface area contributed by atoms with E-state index in [-0.39, 0.29) is 16.8 Å². The van der Waals surface area contributed by atoms with E-state index in [9.17, 15) is 0 Å². The molecule has 0 aromatic rings. The second-order valence-corrected chi connectivity index (χ2v) is 18.6. The van der Waals surface area contributed by atoms with Gasteiger partial charge in [0.15, 0.2) is 0 Å². The molecule has 1 fully saturated rings. The van der Waals surface area contributed by atoms with E-state index in [1.54, 1.807) is 14.2 Å². The molecular formula is C49H112O9. The third-order valence-corrected chi connectivity index (χ3v) is 5.85. The van der Waals surface area contributed by atoms with Gasteiger partial charge in [-0.1, -0.05) is 20.8 Å². The Kier molecular flexibility index (Phi) is 61.3. The van der Waals surface area contributed by atoms with Crippen LogP contribution in [-0.4, -0.2) is 114 Å². The van der Waals surface area contributed by atoms with Crippen LogP contribution in [0.3, 0.4) is 0 Å². The molecule has 1 aliphatic carbocycles. The molecule has 0 radical (unpaired) electrons. The van der Waals surface area contributed by atoms with E-state index in [1.807, 2.05) is 55.4 Å². The maximum absolute atomic E-state index is 5.44. The third kappa shape index (κ3) is 124. The standard InChI is InChI=1S/C7H14O.C7H16O.C6H14O2.4C6H14O.C5H12O/c1-6(2)8-5-7-3-4-7;1-6(2)8-7(3,4)5;1-6(2)8-5-4-7-3;1-5-7-6(2,3)4;3*1-4-5-7-6(2)3;1-5(2,3)6-4/h6-7H,3-5H2,1-2H3;6H,1-5H3;6H,4-5H2,1-3H3;5H2,1-4H3;3*6H,4-5H2,1-3H3;1-4H3. The van der Waals surface area contributed by atoms with Crippen LogP contribution < -0.4 is 0 Å². The fraction of sp³-hybridized carbons (Fsp3) is 1.00. The highest BCUT2D eigenvalue weighted by Crippen LogP contribution is 2.29. The fourth-order valence-corrected chi connectivity index (χ4v) is 3.18. The van der Waals surface area contributed by atoms with Gasteiger partial charge in [0.05, 0.1) is 66.6 Å². The number of rotatable bonds is 18. The topological polar surface area (TPSA) is 83.1 Å². The lowest BCUT2D eigenvalue weighted by atomic mass is 10.2. The first-order valence-electron chi connectivity index (χ1n) is 22.8. The lowest BCUT2D eigenvalue weighted by Gasteiger charge is -2.22. The summed E-state index contributed by atoms with van der Waals surface area (Å²) >= 11 is 0. The van der Waals surface area contributed by atoms with Gasteiger partial charge in [-0.3, -0.25) is 0 Å². The molecule has 362 valence electrons. The maximum Gasteiger partial charge on any atom is 0.0703 e. The van der Waals surface area contributed by atoms with Crippen LogP contribution in [0, 0.1) is 5.92 Å². The zero-order chi connectivity index (χ0) is 47.4. The summed E-state index contributed by atoms with van der Waals surface area (Å²) in [5.74, 6) is 0.914. The van der Waals surface area contributed by atoms with E-state index in [1.165, 1.54) is 12.8 Å². The highest BCUT2D eigenvalue weighted by atomic mass is 16.5. The Morgan fingerprint density at radius 1 is 0.414 bits per heavy atom. The van der Waals surface area contributed by atoms with Crippen LogP contribution in [0.5, 0.6) is 0 Å². The monoisotopic (exact) mass is 845 g/mol. The molecule has 0 aromatic carbocycles. The molecule has 9 nitrogen and oxygen atoms in total.